The third-order valence-electron chi connectivity index (χ3n) is 1.71. The maximum absolute atomic E-state index is 10.7. The molecular weight excluding hydrogens is 188 g/mol. The molecule has 80 valence electrons. The van der Waals surface area contributed by atoms with E-state index in [1.165, 1.54) is 13.2 Å². The SMILES string of the molecule is CCO[C@@H]1C[C@@H](/C=C\C(=O)OC)OO1. The van der Waals surface area contributed by atoms with Crippen molar-refractivity contribution in [1.82, 2.24) is 0 Å². The highest BCUT2D eigenvalue weighted by atomic mass is 17.2. The second-order valence-electron chi connectivity index (χ2n) is 2.73. The lowest BCUT2D eigenvalue weighted by atomic mass is 10.2. The van der Waals surface area contributed by atoms with Crippen LogP contribution in [-0.2, 0) is 24.0 Å². The molecule has 0 saturated carbocycles. The van der Waals surface area contributed by atoms with Crippen LogP contribution >= 0.6 is 0 Å². The Labute approximate surface area is 82.5 Å². The van der Waals surface area contributed by atoms with Crippen molar-refractivity contribution in [1.29, 1.82) is 0 Å². The predicted octanol–water partition coefficient (Wildman–Crippen LogP) is 0.799. The number of carbonyl (C=O) groups is 1. The zero-order valence-corrected chi connectivity index (χ0v) is 8.26. The number of rotatable bonds is 4. The van der Waals surface area contributed by atoms with Crippen LogP contribution in [-0.4, -0.2) is 32.1 Å². The Morgan fingerprint density at radius 3 is 3.00 bits per heavy atom. The van der Waals surface area contributed by atoms with Crippen LogP contribution in [0.3, 0.4) is 0 Å². The maximum Gasteiger partial charge on any atom is 0.330 e. The fourth-order valence-corrected chi connectivity index (χ4v) is 1.05. The molecule has 2 atom stereocenters. The van der Waals surface area contributed by atoms with Gasteiger partial charge in [0, 0.05) is 19.1 Å². The Hall–Kier alpha value is -0.910. The van der Waals surface area contributed by atoms with E-state index in [2.05, 4.69) is 4.74 Å². The molecule has 0 N–H and O–H groups in total. The van der Waals surface area contributed by atoms with Gasteiger partial charge < -0.3 is 9.47 Å². The second-order valence-corrected chi connectivity index (χ2v) is 2.73. The molecule has 0 unspecified atom stereocenters. The van der Waals surface area contributed by atoms with Crippen LogP contribution in [0.25, 0.3) is 0 Å². The van der Waals surface area contributed by atoms with Crippen molar-refractivity contribution < 1.29 is 24.0 Å². The molecule has 0 aliphatic carbocycles. The average molecular weight is 202 g/mol. The molecule has 0 aromatic rings. The lowest BCUT2D eigenvalue weighted by Crippen LogP contribution is -2.10. The van der Waals surface area contributed by atoms with Gasteiger partial charge in [-0.05, 0) is 13.0 Å². The summed E-state index contributed by atoms with van der Waals surface area (Å²) in [5.41, 5.74) is 0. The number of ether oxygens (including phenoxy) is 2. The van der Waals surface area contributed by atoms with Crippen LogP contribution in [0.5, 0.6) is 0 Å². The van der Waals surface area contributed by atoms with Crippen molar-refractivity contribution in [3.8, 4) is 0 Å². The highest BCUT2D eigenvalue weighted by Gasteiger charge is 2.25. The van der Waals surface area contributed by atoms with Gasteiger partial charge in [-0.15, -0.1) is 0 Å². The molecule has 1 heterocycles. The summed E-state index contributed by atoms with van der Waals surface area (Å²) in [4.78, 5) is 20.5. The van der Waals surface area contributed by atoms with E-state index < -0.39 is 5.97 Å². The van der Waals surface area contributed by atoms with Crippen molar-refractivity contribution in [2.24, 2.45) is 0 Å². The standard InChI is InChI=1S/C9H14O5/c1-3-12-9-6-7(13-14-9)4-5-8(10)11-2/h4-5,7,9H,3,6H2,1-2H3/b5-4-/t7-,9+/m1/s1. The van der Waals surface area contributed by atoms with Gasteiger partial charge >= 0.3 is 5.97 Å². The molecule has 0 aromatic carbocycles. The van der Waals surface area contributed by atoms with Gasteiger partial charge in [-0.25, -0.2) is 14.6 Å². The van der Waals surface area contributed by atoms with Crippen LogP contribution in [0, 0.1) is 0 Å². The maximum atomic E-state index is 10.7. The fourth-order valence-electron chi connectivity index (χ4n) is 1.05. The molecule has 1 saturated heterocycles. The van der Waals surface area contributed by atoms with E-state index in [-0.39, 0.29) is 12.4 Å². The van der Waals surface area contributed by atoms with Crippen molar-refractivity contribution in [2.45, 2.75) is 25.7 Å². The minimum absolute atomic E-state index is 0.245. The molecule has 14 heavy (non-hydrogen) atoms. The molecule has 5 nitrogen and oxygen atoms in total. The molecule has 0 bridgehead atoms. The summed E-state index contributed by atoms with van der Waals surface area (Å²) < 4.78 is 9.60. The smallest absolute Gasteiger partial charge is 0.330 e. The highest BCUT2D eigenvalue weighted by Crippen LogP contribution is 2.18. The summed E-state index contributed by atoms with van der Waals surface area (Å²) in [6.45, 7) is 2.45. The van der Waals surface area contributed by atoms with E-state index in [4.69, 9.17) is 14.5 Å². The number of methoxy groups -OCH3 is 1. The van der Waals surface area contributed by atoms with E-state index in [9.17, 15) is 4.79 Å². The number of hydrogen-bond donors (Lipinski definition) is 0. The first kappa shape index (κ1) is 11.2. The van der Waals surface area contributed by atoms with Crippen LogP contribution < -0.4 is 0 Å². The van der Waals surface area contributed by atoms with E-state index in [0.29, 0.717) is 13.0 Å². The summed E-state index contributed by atoms with van der Waals surface area (Å²) in [7, 11) is 1.32. The van der Waals surface area contributed by atoms with E-state index in [1.54, 1.807) is 6.08 Å². The Bertz CT molecular complexity index is 213. The topological polar surface area (TPSA) is 54.0 Å². The largest absolute Gasteiger partial charge is 0.466 e. The molecule has 0 amide bonds. The lowest BCUT2D eigenvalue weighted by molar-refractivity contribution is -0.336. The first-order valence-electron chi connectivity index (χ1n) is 4.46. The minimum atomic E-state index is -0.409. The lowest BCUT2D eigenvalue weighted by Gasteiger charge is -2.03. The molecule has 1 fully saturated rings. The molecule has 1 aliphatic heterocycles. The van der Waals surface area contributed by atoms with E-state index >= 15 is 0 Å². The van der Waals surface area contributed by atoms with Gasteiger partial charge in [-0.1, -0.05) is 0 Å². The zero-order valence-electron chi connectivity index (χ0n) is 8.26. The fraction of sp³-hybridized carbons (Fsp3) is 0.667. The summed E-state index contributed by atoms with van der Waals surface area (Å²) >= 11 is 0. The van der Waals surface area contributed by atoms with Gasteiger partial charge in [0.05, 0.1) is 7.11 Å². The van der Waals surface area contributed by atoms with E-state index in [1.807, 2.05) is 6.92 Å². The van der Waals surface area contributed by atoms with Gasteiger partial charge in [-0.2, -0.15) is 0 Å². The second kappa shape index (κ2) is 5.74. The summed E-state index contributed by atoms with van der Waals surface area (Å²) in [5, 5.41) is 0. The Morgan fingerprint density at radius 2 is 2.36 bits per heavy atom. The number of esters is 1. The normalized spacial score (nSPS) is 27.0. The van der Waals surface area contributed by atoms with Crippen molar-refractivity contribution >= 4 is 5.97 Å². The van der Waals surface area contributed by atoms with Crippen molar-refractivity contribution in [3.63, 3.8) is 0 Å². The van der Waals surface area contributed by atoms with Crippen molar-refractivity contribution in [3.05, 3.63) is 12.2 Å². The molecular formula is C9H14O5. The first-order chi connectivity index (χ1) is 6.76. The Kier molecular flexibility index (Phi) is 4.58. The molecule has 1 rings (SSSR count). The third-order valence-corrected chi connectivity index (χ3v) is 1.71. The number of carbonyl (C=O) groups excluding carboxylic acids is 1. The van der Waals surface area contributed by atoms with E-state index in [0.717, 1.165) is 0 Å². The summed E-state index contributed by atoms with van der Waals surface area (Å²) in [6, 6.07) is 0. The quantitative estimate of drug-likeness (QED) is 0.383. The van der Waals surface area contributed by atoms with Crippen LogP contribution in [0.4, 0.5) is 0 Å². The van der Waals surface area contributed by atoms with Gasteiger partial charge in [-0.3, -0.25) is 0 Å². The molecule has 1 aliphatic rings. The summed E-state index contributed by atoms with van der Waals surface area (Å²) in [5.74, 6) is -0.409. The third kappa shape index (κ3) is 3.45. The van der Waals surface area contributed by atoms with Crippen molar-refractivity contribution in [2.75, 3.05) is 13.7 Å². The van der Waals surface area contributed by atoms with Gasteiger partial charge in [0.1, 0.15) is 6.10 Å². The van der Waals surface area contributed by atoms with Crippen LogP contribution in [0.1, 0.15) is 13.3 Å². The monoisotopic (exact) mass is 202 g/mol. The number of hydrogen-bond acceptors (Lipinski definition) is 5. The predicted molar refractivity (Wildman–Crippen MR) is 47.1 cm³/mol. The summed E-state index contributed by atoms with van der Waals surface area (Å²) in [6.07, 6.45) is 2.90. The molecule has 0 aromatic heterocycles. The molecule has 5 heteroatoms. The first-order valence-corrected chi connectivity index (χ1v) is 4.46. The molecule has 0 radical (unpaired) electrons. The van der Waals surface area contributed by atoms with Gasteiger partial charge in [0.2, 0.25) is 0 Å². The Balaban J connectivity index is 2.28. The van der Waals surface area contributed by atoms with Crippen LogP contribution in [0.15, 0.2) is 12.2 Å². The molecule has 0 spiro atoms. The van der Waals surface area contributed by atoms with Crippen LogP contribution in [0.2, 0.25) is 0 Å². The van der Waals surface area contributed by atoms with Gasteiger partial charge in [0.25, 0.3) is 0 Å². The Morgan fingerprint density at radius 1 is 1.57 bits per heavy atom. The zero-order chi connectivity index (χ0) is 10.4. The van der Waals surface area contributed by atoms with Gasteiger partial charge in [0.15, 0.2) is 6.29 Å². The highest BCUT2D eigenvalue weighted by molar-refractivity contribution is 5.81. The average Bonchev–Trinajstić information content (AvgIpc) is 2.63. The minimum Gasteiger partial charge on any atom is -0.466 e.